The summed E-state index contributed by atoms with van der Waals surface area (Å²) in [6, 6.07) is 56.8. The Labute approximate surface area is 806 Å². The number of carbonyl (C=O) groups is 1. The summed E-state index contributed by atoms with van der Waals surface area (Å²) in [4.78, 5) is 13.7. The molecule has 0 aliphatic heterocycles. The van der Waals surface area contributed by atoms with Crippen molar-refractivity contribution >= 4 is 85.8 Å². The summed E-state index contributed by atoms with van der Waals surface area (Å²) in [5.74, 6) is 0.0271. The maximum Gasteiger partial charge on any atom is 0.421 e. The third kappa shape index (κ3) is 26.7. The number of anilines is 12. The molecule has 0 amide bonds. The molecule has 30 N–H and O–H groups in total. The van der Waals surface area contributed by atoms with E-state index in [1.807, 2.05) is 26.0 Å². The number of hydrogen-bond acceptors (Lipinski definition) is 21. The van der Waals surface area contributed by atoms with Gasteiger partial charge in [-0.1, -0.05) is 86.3 Å². The second-order valence-electron chi connectivity index (χ2n) is 34.1. The Morgan fingerprint density at radius 3 is 0.874 bits per heavy atom. The van der Waals surface area contributed by atoms with Gasteiger partial charge in [0, 0.05) is 128 Å². The summed E-state index contributed by atoms with van der Waals surface area (Å²) in [5, 5.41) is 58.9. The van der Waals surface area contributed by atoms with Crippen molar-refractivity contribution in [3.8, 4) is 11.5 Å². The zero-order valence-electron chi connectivity index (χ0n) is 76.4. The number of hydrogen-bond donors (Lipinski definition) is 18. The molecule has 772 valence electrons. The molecule has 0 radical (unpaired) electrons. The first-order valence-corrected chi connectivity index (χ1v) is 42.2. The van der Waals surface area contributed by atoms with Crippen LogP contribution in [-0.4, -0.2) is 85.8 Å². The van der Waals surface area contributed by atoms with E-state index in [-0.39, 0.29) is 80.7 Å². The smallest absolute Gasteiger partial charge is 0.421 e. The molecule has 6 atom stereocenters. The SMILES string of the molecule is CC(C)(c1ccc(N)cc1)c1ccc(N)c(C(C)(O)C(F)(F)F)c1.CC(O)(c1cc(C(=O)c2ccc(N)cc2)ccc1N)C(F)(F)F.CC(O)(c1cc(C(c2ccc(N)cc2)(C(F)(F)F)C(F)(F)F)ccc1N)C(F)(F)F.CC(O)(c1cc(Cc2ccc(N)cc2)ccc1N)C(F)(F)F.CC(O)(c1cc(Oc2ccc(N)cc2)ccc1N)C(F)(F)F.CC(O)(c1cc(Sc2ccc(N)cc2)ccc1N)C(F)(F)F. The number of alkyl halides is 24. The van der Waals surface area contributed by atoms with Crippen molar-refractivity contribution in [2.75, 3.05) is 68.8 Å². The van der Waals surface area contributed by atoms with E-state index in [1.165, 1.54) is 96.7 Å². The van der Waals surface area contributed by atoms with Crippen molar-refractivity contribution in [3.05, 3.63) is 333 Å². The number of rotatable bonds is 18. The van der Waals surface area contributed by atoms with Gasteiger partial charge in [0.25, 0.3) is 0 Å². The summed E-state index contributed by atoms with van der Waals surface area (Å²) >= 11 is 1.26. The van der Waals surface area contributed by atoms with Crippen LogP contribution in [0.25, 0.3) is 0 Å². The monoisotopic (exact) mass is 2060 g/mol. The normalized spacial score (nSPS) is 14.8. The Morgan fingerprint density at radius 2 is 0.497 bits per heavy atom. The lowest BCUT2D eigenvalue weighted by molar-refractivity contribution is -0.288. The number of carbonyl (C=O) groups excluding carboxylic acids is 1. The minimum absolute atomic E-state index is 0.0107. The van der Waals surface area contributed by atoms with Crippen LogP contribution in [0.4, 0.5) is 174 Å². The van der Waals surface area contributed by atoms with E-state index in [4.69, 9.17) is 73.5 Å². The number of nitrogens with two attached hydrogens (primary N) is 12. The van der Waals surface area contributed by atoms with E-state index in [9.17, 15) is 141 Å². The first-order valence-electron chi connectivity index (χ1n) is 41.4. The highest BCUT2D eigenvalue weighted by Gasteiger charge is 2.73. The van der Waals surface area contributed by atoms with E-state index >= 15 is 0 Å². The van der Waals surface area contributed by atoms with Crippen LogP contribution >= 0.6 is 11.8 Å². The van der Waals surface area contributed by atoms with Crippen LogP contribution < -0.4 is 73.5 Å². The zero-order valence-corrected chi connectivity index (χ0v) is 77.2. The second-order valence-corrected chi connectivity index (χ2v) is 35.2. The third-order valence-corrected chi connectivity index (χ3v) is 23.8. The molecule has 12 aromatic rings. The molecule has 0 bridgehead atoms. The summed E-state index contributed by atoms with van der Waals surface area (Å²) in [6.07, 6.45) is -41.3. The lowest BCUT2D eigenvalue weighted by Crippen LogP contribution is -2.55. The minimum Gasteiger partial charge on any atom is -0.457 e. The third-order valence-electron chi connectivity index (χ3n) is 22.8. The average Bonchev–Trinajstić information content (AvgIpc) is 0.707. The van der Waals surface area contributed by atoms with E-state index in [0.29, 0.717) is 116 Å². The molecule has 0 aliphatic rings. The number of aliphatic hydroxyl groups is 6. The van der Waals surface area contributed by atoms with Gasteiger partial charge >= 0.3 is 49.4 Å². The molecule has 12 aromatic carbocycles. The topological polar surface area (TPSA) is 460 Å². The lowest BCUT2D eigenvalue weighted by Gasteiger charge is -2.39. The summed E-state index contributed by atoms with van der Waals surface area (Å²) in [6.45, 7) is 7.28. The van der Waals surface area contributed by atoms with Crippen LogP contribution in [0, 0.1) is 0 Å². The van der Waals surface area contributed by atoms with Crippen molar-refractivity contribution in [2.45, 2.75) is 165 Å². The molecule has 0 aliphatic carbocycles. The first-order chi connectivity index (χ1) is 65.1. The van der Waals surface area contributed by atoms with Crippen LogP contribution in [0.2, 0.25) is 0 Å². The van der Waals surface area contributed by atoms with Crippen molar-refractivity contribution in [1.29, 1.82) is 0 Å². The fourth-order valence-corrected chi connectivity index (χ4v) is 14.4. The van der Waals surface area contributed by atoms with E-state index in [0.717, 1.165) is 40.3 Å². The van der Waals surface area contributed by atoms with Crippen molar-refractivity contribution in [1.82, 2.24) is 0 Å². The van der Waals surface area contributed by atoms with Gasteiger partial charge < -0.3 is 104 Å². The molecule has 0 aromatic heterocycles. The fourth-order valence-electron chi connectivity index (χ4n) is 13.6. The highest BCUT2D eigenvalue weighted by atomic mass is 32.2. The molecule has 20 nitrogen and oxygen atoms in total. The van der Waals surface area contributed by atoms with Crippen LogP contribution in [-0.2, 0) is 50.9 Å². The predicted molar refractivity (Wildman–Crippen MR) is 499 cm³/mol. The van der Waals surface area contributed by atoms with Gasteiger partial charge in [-0.2, -0.15) is 105 Å². The second kappa shape index (κ2) is 42.7. The molecular weight excluding hydrogens is 1960 g/mol. The van der Waals surface area contributed by atoms with Crippen LogP contribution in [0.5, 0.6) is 11.5 Å². The van der Waals surface area contributed by atoms with Gasteiger partial charge in [-0.25, -0.2) is 0 Å². The Kier molecular flexibility index (Phi) is 34.7. The van der Waals surface area contributed by atoms with Gasteiger partial charge in [-0.05, 0) is 275 Å². The van der Waals surface area contributed by atoms with E-state index in [2.05, 4.69) is 0 Å². The maximum absolute atomic E-state index is 14.0. The minimum atomic E-state index is -6.03. The van der Waals surface area contributed by atoms with Gasteiger partial charge in [0.1, 0.15) is 11.5 Å². The molecule has 0 heterocycles. The molecule has 143 heavy (non-hydrogen) atoms. The number of ether oxygens (including phenoxy) is 1. The van der Waals surface area contributed by atoms with Crippen molar-refractivity contribution in [2.24, 2.45) is 0 Å². The number of benzene rings is 12. The number of nitrogen functional groups attached to an aromatic ring is 12. The lowest BCUT2D eigenvalue weighted by atomic mass is 9.71. The van der Waals surface area contributed by atoms with Gasteiger partial charge in [0.15, 0.2) is 39.4 Å². The fraction of sp³-hybridized carbons (Fsp3) is 0.255. The average molecular weight is 2060 g/mol. The van der Waals surface area contributed by atoms with Crippen LogP contribution in [0.15, 0.2) is 265 Å². The summed E-state index contributed by atoms with van der Waals surface area (Å²) < 4.78 is 324. The van der Waals surface area contributed by atoms with E-state index in [1.54, 1.807) is 103 Å². The Morgan fingerprint density at radius 1 is 0.245 bits per heavy atom. The standard InChI is InChI=1S/C18H15F9N2O.C18H21F3N2O.C16H15F3N2O2.C16H17F3N2O.C15H15F3N2O2.C15H15F3N2OS/c1-14(30,16(19,20)21)12-8-10(4-7-13(12)29)15(17(22,23)24,18(25,26)27)9-2-5-11(28)6-3-9;1-16(2,11-4-7-13(22)8-5-11)12-6-9-15(23)14(10-12)17(3,24)18(19,20)21;1-15(23,16(17,18)19)12-8-10(4-7-13(12)21)14(22)9-2-5-11(20)6-3-9;1-15(22,16(17,18)19)13-9-11(4-7-14(13)21)8-10-2-5-12(20)6-3-10;2*1-14(21,15(16,17)18)12-8-11(6-7-13(12)20)22-10-4-2-9(19)3-5-10/h2-8,30H,28-29H2,1H3;4-10,24H,22-23H2,1-3H3;2-8,23H,20-21H2,1H3;2-7,9,22H,8,20-21H2,1H3;2*2-8,21H,19-20H2,1H3. The molecule has 12 rings (SSSR count). The molecule has 6 unspecified atom stereocenters. The highest BCUT2D eigenvalue weighted by Crippen LogP contribution is 2.58. The van der Waals surface area contributed by atoms with Gasteiger partial charge in [-0.15, -0.1) is 0 Å². The quantitative estimate of drug-likeness (QED) is 0.0215. The number of halogens is 24. The first kappa shape index (κ1) is 116. The molecule has 0 fully saturated rings. The summed E-state index contributed by atoms with van der Waals surface area (Å²) in [7, 11) is 0. The van der Waals surface area contributed by atoms with Gasteiger partial charge in [0.2, 0.25) is 5.41 Å². The van der Waals surface area contributed by atoms with Crippen molar-refractivity contribution in [3.63, 3.8) is 0 Å². The Bertz CT molecular complexity index is 6080. The van der Waals surface area contributed by atoms with Crippen molar-refractivity contribution < 1.29 is 146 Å². The number of ketones is 1. The van der Waals surface area contributed by atoms with Gasteiger partial charge in [-0.3, -0.25) is 4.79 Å². The molecule has 0 saturated heterocycles. The molecule has 0 spiro atoms. The van der Waals surface area contributed by atoms with E-state index < -0.39 is 133 Å². The molecular formula is C98H98F24N12O8S. The van der Waals surface area contributed by atoms with Gasteiger partial charge in [0.05, 0.1) is 0 Å². The summed E-state index contributed by atoms with van der Waals surface area (Å²) in [5.41, 5.74) is 40.3. The zero-order chi connectivity index (χ0) is 109. The largest absolute Gasteiger partial charge is 0.457 e. The highest BCUT2D eigenvalue weighted by molar-refractivity contribution is 7.99. The Balaban J connectivity index is 0.000000234. The van der Waals surface area contributed by atoms with Crippen LogP contribution in [0.1, 0.15) is 138 Å². The molecule has 0 saturated carbocycles. The molecule has 45 heteroatoms. The predicted octanol–water partition coefficient (Wildman–Crippen LogP) is 22.2. The Hall–Kier alpha value is -13.9. The van der Waals surface area contributed by atoms with Crippen LogP contribution in [0.3, 0.4) is 0 Å². The maximum atomic E-state index is 14.0.